The van der Waals surface area contributed by atoms with E-state index in [1.54, 1.807) is 0 Å². The Morgan fingerprint density at radius 2 is 2.18 bits per heavy atom. The van der Waals surface area contributed by atoms with Crippen molar-refractivity contribution in [3.63, 3.8) is 0 Å². The molecule has 1 aliphatic rings. The molecule has 1 aliphatic heterocycles. The molecule has 2 aromatic rings. The number of benzene rings is 1. The van der Waals surface area contributed by atoms with E-state index in [-0.39, 0.29) is 0 Å². The summed E-state index contributed by atoms with van der Waals surface area (Å²) >= 11 is 0. The first-order valence-electron chi connectivity index (χ1n) is 6.02. The number of hydrogen-bond donors (Lipinski definition) is 1. The fraction of sp³-hybridized carbons (Fsp3) is 0.357. The molecular formula is C14H17N3. The van der Waals surface area contributed by atoms with Gasteiger partial charge in [0.2, 0.25) is 0 Å². The van der Waals surface area contributed by atoms with E-state index in [0.29, 0.717) is 0 Å². The molecule has 0 bridgehead atoms. The topological polar surface area (TPSA) is 42.1 Å². The maximum atomic E-state index is 6.30. The number of nitrogen functional groups attached to an aromatic ring is 1. The van der Waals surface area contributed by atoms with Gasteiger partial charge in [-0.3, -0.25) is 4.98 Å². The van der Waals surface area contributed by atoms with Gasteiger partial charge in [0.15, 0.2) is 0 Å². The van der Waals surface area contributed by atoms with Gasteiger partial charge in [-0.1, -0.05) is 18.2 Å². The zero-order valence-electron chi connectivity index (χ0n) is 10.3. The molecule has 0 saturated carbocycles. The molecule has 17 heavy (non-hydrogen) atoms. The van der Waals surface area contributed by atoms with E-state index < -0.39 is 0 Å². The van der Waals surface area contributed by atoms with Crippen LogP contribution in [0.15, 0.2) is 18.2 Å². The molecule has 2 heterocycles. The number of fused-ring (bicyclic) bond motifs is 2. The number of aryl methyl sites for hydroxylation is 1. The van der Waals surface area contributed by atoms with Gasteiger partial charge in [0, 0.05) is 41.8 Å². The number of aromatic nitrogens is 1. The molecule has 0 fully saturated rings. The predicted molar refractivity (Wildman–Crippen MR) is 70.9 cm³/mol. The summed E-state index contributed by atoms with van der Waals surface area (Å²) in [6.45, 7) is 4.07. The lowest BCUT2D eigenvalue weighted by atomic mass is 9.99. The quantitative estimate of drug-likeness (QED) is 0.749. The molecule has 3 nitrogen and oxygen atoms in total. The largest absolute Gasteiger partial charge is 0.398 e. The van der Waals surface area contributed by atoms with Crippen LogP contribution in [0, 0.1) is 6.92 Å². The number of pyridine rings is 1. The van der Waals surface area contributed by atoms with Crippen LogP contribution in [0.25, 0.3) is 10.9 Å². The number of nitrogens with two attached hydrogens (primary N) is 1. The first kappa shape index (κ1) is 10.5. The Morgan fingerprint density at radius 1 is 1.35 bits per heavy atom. The molecule has 0 atom stereocenters. The third-order valence-corrected chi connectivity index (χ3v) is 3.61. The zero-order chi connectivity index (χ0) is 12.0. The van der Waals surface area contributed by atoms with Crippen LogP contribution >= 0.6 is 0 Å². The Balaban J connectivity index is 2.33. The van der Waals surface area contributed by atoms with E-state index in [4.69, 9.17) is 10.7 Å². The summed E-state index contributed by atoms with van der Waals surface area (Å²) in [6, 6.07) is 6.21. The molecule has 88 valence electrons. The molecule has 3 rings (SSSR count). The Bertz CT molecular complexity index is 590. The smallest absolute Gasteiger partial charge is 0.0755 e. The monoisotopic (exact) mass is 227 g/mol. The van der Waals surface area contributed by atoms with E-state index in [1.807, 2.05) is 0 Å². The molecule has 3 heteroatoms. The summed E-state index contributed by atoms with van der Waals surface area (Å²) in [4.78, 5) is 7.10. The molecule has 0 unspecified atom stereocenters. The van der Waals surface area contributed by atoms with Crippen LogP contribution in [-0.2, 0) is 13.0 Å². The van der Waals surface area contributed by atoms with Gasteiger partial charge in [0.25, 0.3) is 0 Å². The Kier molecular flexibility index (Phi) is 2.30. The van der Waals surface area contributed by atoms with Gasteiger partial charge in [-0.05, 0) is 19.5 Å². The second kappa shape index (κ2) is 3.70. The Labute approximate surface area is 101 Å². The highest BCUT2D eigenvalue weighted by atomic mass is 15.1. The van der Waals surface area contributed by atoms with Crippen molar-refractivity contribution in [2.45, 2.75) is 19.9 Å². The lowest BCUT2D eigenvalue weighted by molar-refractivity contribution is 0.311. The van der Waals surface area contributed by atoms with Crippen LogP contribution in [0.1, 0.15) is 16.8 Å². The minimum atomic E-state index is 0.915. The number of para-hydroxylation sites is 1. The van der Waals surface area contributed by atoms with Crippen molar-refractivity contribution in [3.8, 4) is 0 Å². The van der Waals surface area contributed by atoms with E-state index >= 15 is 0 Å². The molecule has 0 spiro atoms. The molecule has 0 radical (unpaired) electrons. The Morgan fingerprint density at radius 3 is 3.00 bits per heavy atom. The third-order valence-electron chi connectivity index (χ3n) is 3.61. The normalized spacial score (nSPS) is 16.1. The van der Waals surface area contributed by atoms with Crippen LogP contribution in [0.2, 0.25) is 0 Å². The highest BCUT2D eigenvalue weighted by molar-refractivity contribution is 5.94. The highest BCUT2D eigenvalue weighted by Gasteiger charge is 2.19. The SMILES string of the molecule is Cc1cccc2c(N)c3c(nc12)CCN(C)C3. The van der Waals surface area contributed by atoms with E-state index in [1.165, 1.54) is 16.8 Å². The molecule has 0 aliphatic carbocycles. The second-order valence-electron chi connectivity index (χ2n) is 4.91. The van der Waals surface area contributed by atoms with Gasteiger partial charge in [0.1, 0.15) is 0 Å². The van der Waals surface area contributed by atoms with Crippen molar-refractivity contribution in [3.05, 3.63) is 35.0 Å². The van der Waals surface area contributed by atoms with Crippen molar-refractivity contribution in [2.75, 3.05) is 19.3 Å². The maximum absolute atomic E-state index is 6.30. The standard InChI is InChI=1S/C14H17N3/c1-9-4-3-5-10-13(15)11-8-17(2)7-6-12(11)16-14(9)10/h3-5H,6-8H2,1-2H3,(H2,15,16). The van der Waals surface area contributed by atoms with Crippen molar-refractivity contribution >= 4 is 16.6 Å². The first-order valence-corrected chi connectivity index (χ1v) is 6.02. The number of hydrogen-bond acceptors (Lipinski definition) is 3. The summed E-state index contributed by atoms with van der Waals surface area (Å²) < 4.78 is 0. The summed E-state index contributed by atoms with van der Waals surface area (Å²) in [5.41, 5.74) is 11.9. The van der Waals surface area contributed by atoms with Gasteiger partial charge in [-0.25, -0.2) is 0 Å². The molecule has 1 aromatic heterocycles. The number of rotatable bonds is 0. The summed E-state index contributed by atoms with van der Waals surface area (Å²) in [5, 5.41) is 1.10. The van der Waals surface area contributed by atoms with Crippen LogP contribution in [0.4, 0.5) is 5.69 Å². The van der Waals surface area contributed by atoms with Gasteiger partial charge < -0.3 is 10.6 Å². The molecule has 0 amide bonds. The fourth-order valence-electron chi connectivity index (χ4n) is 2.57. The van der Waals surface area contributed by atoms with E-state index in [2.05, 4.69) is 37.1 Å². The minimum Gasteiger partial charge on any atom is -0.398 e. The van der Waals surface area contributed by atoms with Gasteiger partial charge in [-0.2, -0.15) is 0 Å². The van der Waals surface area contributed by atoms with E-state index in [9.17, 15) is 0 Å². The lowest BCUT2D eigenvalue weighted by Gasteiger charge is -2.26. The van der Waals surface area contributed by atoms with Crippen LogP contribution < -0.4 is 5.73 Å². The fourth-order valence-corrected chi connectivity index (χ4v) is 2.57. The van der Waals surface area contributed by atoms with Gasteiger partial charge in [-0.15, -0.1) is 0 Å². The highest BCUT2D eigenvalue weighted by Crippen LogP contribution is 2.30. The summed E-state index contributed by atoms with van der Waals surface area (Å²) in [7, 11) is 2.13. The number of anilines is 1. The number of nitrogens with zero attached hydrogens (tertiary/aromatic N) is 2. The maximum Gasteiger partial charge on any atom is 0.0755 e. The summed E-state index contributed by atoms with van der Waals surface area (Å²) in [5.74, 6) is 0. The molecule has 1 aromatic carbocycles. The van der Waals surface area contributed by atoms with Crippen molar-refractivity contribution in [1.29, 1.82) is 0 Å². The second-order valence-corrected chi connectivity index (χ2v) is 4.91. The third kappa shape index (κ3) is 1.58. The van der Waals surface area contributed by atoms with Gasteiger partial charge in [0.05, 0.1) is 5.52 Å². The van der Waals surface area contributed by atoms with Crippen molar-refractivity contribution < 1.29 is 0 Å². The number of likely N-dealkylation sites (N-methyl/N-ethyl adjacent to an activating group) is 1. The molecular weight excluding hydrogens is 210 g/mol. The average molecular weight is 227 g/mol. The van der Waals surface area contributed by atoms with Gasteiger partial charge >= 0.3 is 0 Å². The van der Waals surface area contributed by atoms with Crippen LogP contribution in [-0.4, -0.2) is 23.5 Å². The molecule has 0 saturated heterocycles. The zero-order valence-corrected chi connectivity index (χ0v) is 10.3. The molecule has 2 N–H and O–H groups in total. The Hall–Kier alpha value is -1.61. The predicted octanol–water partition coefficient (Wildman–Crippen LogP) is 2.11. The van der Waals surface area contributed by atoms with E-state index in [0.717, 1.165) is 36.1 Å². The van der Waals surface area contributed by atoms with Crippen molar-refractivity contribution in [1.82, 2.24) is 9.88 Å². The van der Waals surface area contributed by atoms with Crippen LogP contribution in [0.5, 0.6) is 0 Å². The summed E-state index contributed by atoms with van der Waals surface area (Å²) in [6.07, 6.45) is 1.00. The lowest BCUT2D eigenvalue weighted by Crippen LogP contribution is -2.28. The van der Waals surface area contributed by atoms with Crippen LogP contribution in [0.3, 0.4) is 0 Å². The minimum absolute atomic E-state index is 0.915. The average Bonchev–Trinajstić information content (AvgIpc) is 2.32. The first-order chi connectivity index (χ1) is 8.16. The van der Waals surface area contributed by atoms with Crippen molar-refractivity contribution in [2.24, 2.45) is 0 Å².